The molecule has 178 valence electrons. The van der Waals surface area contributed by atoms with Gasteiger partial charge >= 0.3 is 5.97 Å². The average Bonchev–Trinajstić information content (AvgIpc) is 3.06. The minimum Gasteiger partial charge on any atom is -0.347 e. The summed E-state index contributed by atoms with van der Waals surface area (Å²) in [5.74, 6) is 2.72. The highest BCUT2D eigenvalue weighted by Crippen LogP contribution is 2.39. The standard InChI is InChI=1S/C24H35FN2O5/c1-5-22(4,26-20(30)24(25)15-11-9-8-10-12-16-24)17-23(6-2,7-3)21(31)32-27-18(28)13-14-19(27)29/h5-11,13-15,17H2,1-4H3,(H,26,30). The van der Waals surface area contributed by atoms with Gasteiger partial charge in [0.1, 0.15) is 0 Å². The number of imide groups is 1. The fraction of sp³-hybridized carbons (Fsp3) is 0.750. The van der Waals surface area contributed by atoms with Crippen LogP contribution in [0.2, 0.25) is 0 Å². The second-order valence-electron chi connectivity index (χ2n) is 9.16. The lowest BCUT2D eigenvalue weighted by Crippen LogP contribution is -2.56. The highest BCUT2D eigenvalue weighted by Gasteiger charge is 2.48. The first-order valence-corrected chi connectivity index (χ1v) is 11.6. The van der Waals surface area contributed by atoms with Gasteiger partial charge in [-0.15, -0.1) is 5.06 Å². The number of nitrogens with one attached hydrogen (secondary N) is 1. The number of carbonyl (C=O) groups excluding carboxylic acids is 4. The maximum Gasteiger partial charge on any atom is 0.339 e. The van der Waals surface area contributed by atoms with Gasteiger partial charge in [-0.05, 0) is 45.4 Å². The van der Waals surface area contributed by atoms with Crippen molar-refractivity contribution in [1.29, 1.82) is 0 Å². The second kappa shape index (κ2) is 10.5. The van der Waals surface area contributed by atoms with E-state index in [1.165, 1.54) is 0 Å². The summed E-state index contributed by atoms with van der Waals surface area (Å²) in [6.07, 6.45) is 4.29. The highest BCUT2D eigenvalue weighted by molar-refractivity contribution is 6.01. The molecule has 1 saturated heterocycles. The first-order valence-electron chi connectivity index (χ1n) is 11.6. The third-order valence-electron chi connectivity index (χ3n) is 6.86. The van der Waals surface area contributed by atoms with Crippen molar-refractivity contribution in [3.8, 4) is 11.8 Å². The number of nitrogens with zero attached hydrogens (tertiary/aromatic N) is 1. The Hall–Kier alpha value is -2.43. The van der Waals surface area contributed by atoms with Crippen molar-refractivity contribution < 1.29 is 28.4 Å². The molecule has 1 aliphatic carbocycles. The zero-order valence-corrected chi connectivity index (χ0v) is 19.6. The molecule has 1 fully saturated rings. The summed E-state index contributed by atoms with van der Waals surface area (Å²) in [5, 5.41) is 3.37. The second-order valence-corrected chi connectivity index (χ2v) is 9.16. The van der Waals surface area contributed by atoms with Crippen LogP contribution >= 0.6 is 0 Å². The summed E-state index contributed by atoms with van der Waals surface area (Å²) in [6, 6.07) is 0. The zero-order chi connectivity index (χ0) is 24.0. The average molecular weight is 451 g/mol. The number of rotatable bonds is 9. The Labute approximate surface area is 189 Å². The van der Waals surface area contributed by atoms with Gasteiger partial charge in [0.25, 0.3) is 17.7 Å². The van der Waals surface area contributed by atoms with Crippen LogP contribution < -0.4 is 5.32 Å². The SMILES string of the molecule is CCC(C)(CC(CC)(CC)C(=O)ON1C(=O)CCC1=O)NC(=O)C1(F)C#CCCCCC1. The Bertz CT molecular complexity index is 797. The van der Waals surface area contributed by atoms with Gasteiger partial charge in [-0.1, -0.05) is 39.0 Å². The molecule has 0 spiro atoms. The summed E-state index contributed by atoms with van der Waals surface area (Å²) >= 11 is 0. The Kier molecular flexibility index (Phi) is 8.44. The van der Waals surface area contributed by atoms with Gasteiger partial charge in [-0.3, -0.25) is 14.4 Å². The normalized spacial score (nSPS) is 23.5. The molecule has 2 aliphatic rings. The van der Waals surface area contributed by atoms with Crippen LogP contribution in [-0.2, 0) is 24.0 Å². The van der Waals surface area contributed by atoms with E-state index in [0.29, 0.717) is 37.2 Å². The number of hydrogen-bond donors (Lipinski definition) is 1. The third-order valence-corrected chi connectivity index (χ3v) is 6.86. The first kappa shape index (κ1) is 25.8. The molecule has 8 heteroatoms. The highest BCUT2D eigenvalue weighted by atomic mass is 19.1. The number of halogens is 1. The van der Waals surface area contributed by atoms with Crippen molar-refractivity contribution in [2.45, 2.75) is 110 Å². The lowest BCUT2D eigenvalue weighted by atomic mass is 9.71. The molecule has 0 aromatic rings. The van der Waals surface area contributed by atoms with Crippen LogP contribution in [0.5, 0.6) is 0 Å². The van der Waals surface area contributed by atoms with Crippen LogP contribution in [0.25, 0.3) is 0 Å². The van der Waals surface area contributed by atoms with E-state index in [9.17, 15) is 19.2 Å². The van der Waals surface area contributed by atoms with Crippen LogP contribution in [0.4, 0.5) is 4.39 Å². The Morgan fingerprint density at radius 2 is 1.72 bits per heavy atom. The Morgan fingerprint density at radius 1 is 1.09 bits per heavy atom. The quantitative estimate of drug-likeness (QED) is 0.427. The van der Waals surface area contributed by atoms with Crippen LogP contribution in [0.3, 0.4) is 0 Å². The van der Waals surface area contributed by atoms with E-state index in [1.807, 2.05) is 20.8 Å². The molecule has 0 bridgehead atoms. The minimum atomic E-state index is -2.26. The molecule has 0 aromatic carbocycles. The fourth-order valence-corrected chi connectivity index (χ4v) is 4.27. The number of amides is 3. The summed E-state index contributed by atoms with van der Waals surface area (Å²) < 4.78 is 15.4. The van der Waals surface area contributed by atoms with Gasteiger partial charge in [0, 0.05) is 31.2 Å². The van der Waals surface area contributed by atoms with Crippen molar-refractivity contribution in [3.63, 3.8) is 0 Å². The van der Waals surface area contributed by atoms with E-state index in [4.69, 9.17) is 4.84 Å². The monoisotopic (exact) mass is 450 g/mol. The van der Waals surface area contributed by atoms with Gasteiger partial charge in [0.05, 0.1) is 5.41 Å². The van der Waals surface area contributed by atoms with Crippen LogP contribution in [0.15, 0.2) is 0 Å². The number of hydroxylamine groups is 2. The predicted octanol–water partition coefficient (Wildman–Crippen LogP) is 3.75. The van der Waals surface area contributed by atoms with E-state index in [0.717, 1.165) is 12.8 Å². The van der Waals surface area contributed by atoms with E-state index in [2.05, 4.69) is 17.2 Å². The molecule has 1 N–H and O–H groups in total. The third kappa shape index (κ3) is 5.67. The van der Waals surface area contributed by atoms with Crippen molar-refractivity contribution in [1.82, 2.24) is 10.4 Å². The van der Waals surface area contributed by atoms with Crippen LogP contribution in [0.1, 0.15) is 98.3 Å². The van der Waals surface area contributed by atoms with Gasteiger partial charge < -0.3 is 10.2 Å². The molecule has 2 atom stereocenters. The molecule has 0 saturated carbocycles. The lowest BCUT2D eigenvalue weighted by Gasteiger charge is -2.40. The number of hydrogen-bond acceptors (Lipinski definition) is 5. The smallest absolute Gasteiger partial charge is 0.339 e. The van der Waals surface area contributed by atoms with Crippen molar-refractivity contribution in [2.75, 3.05) is 0 Å². The first-order chi connectivity index (χ1) is 15.0. The summed E-state index contributed by atoms with van der Waals surface area (Å²) in [5.41, 5.74) is -4.23. The van der Waals surface area contributed by atoms with E-state index in [-0.39, 0.29) is 25.7 Å². The summed E-state index contributed by atoms with van der Waals surface area (Å²) in [7, 11) is 0. The van der Waals surface area contributed by atoms with Crippen molar-refractivity contribution >= 4 is 23.7 Å². The van der Waals surface area contributed by atoms with Crippen LogP contribution in [0, 0.1) is 17.3 Å². The summed E-state index contributed by atoms with van der Waals surface area (Å²) in [6.45, 7) is 7.24. The van der Waals surface area contributed by atoms with Gasteiger partial charge in [0.2, 0.25) is 5.67 Å². The summed E-state index contributed by atoms with van der Waals surface area (Å²) in [4.78, 5) is 55.1. The lowest BCUT2D eigenvalue weighted by molar-refractivity contribution is -0.206. The number of alkyl halides is 1. The molecule has 7 nitrogen and oxygen atoms in total. The number of carbonyl (C=O) groups is 4. The minimum absolute atomic E-state index is 0.0136. The molecule has 1 heterocycles. The maximum atomic E-state index is 15.4. The maximum absolute atomic E-state index is 15.4. The molecule has 2 rings (SSSR count). The van der Waals surface area contributed by atoms with Gasteiger partial charge in [-0.25, -0.2) is 9.18 Å². The molecule has 0 aromatic heterocycles. The molecule has 3 amide bonds. The molecule has 1 aliphatic heterocycles. The van der Waals surface area contributed by atoms with Crippen molar-refractivity contribution in [3.05, 3.63) is 0 Å². The van der Waals surface area contributed by atoms with Crippen molar-refractivity contribution in [2.24, 2.45) is 5.41 Å². The predicted molar refractivity (Wildman–Crippen MR) is 116 cm³/mol. The Morgan fingerprint density at radius 3 is 2.28 bits per heavy atom. The van der Waals surface area contributed by atoms with E-state index < -0.39 is 40.3 Å². The largest absolute Gasteiger partial charge is 0.347 e. The zero-order valence-electron chi connectivity index (χ0n) is 19.6. The fourth-order valence-electron chi connectivity index (χ4n) is 4.27. The topological polar surface area (TPSA) is 92.8 Å². The van der Waals surface area contributed by atoms with Crippen LogP contribution in [-0.4, -0.2) is 40.0 Å². The van der Waals surface area contributed by atoms with E-state index >= 15 is 4.39 Å². The van der Waals surface area contributed by atoms with Gasteiger partial charge in [-0.2, -0.15) is 0 Å². The molecular formula is C24H35FN2O5. The molecular weight excluding hydrogens is 415 g/mol. The molecule has 32 heavy (non-hydrogen) atoms. The molecule has 0 radical (unpaired) electrons. The molecule has 2 unspecified atom stereocenters. The Balaban J connectivity index is 2.22. The van der Waals surface area contributed by atoms with E-state index in [1.54, 1.807) is 6.92 Å². The van der Waals surface area contributed by atoms with Gasteiger partial charge in [0.15, 0.2) is 0 Å².